The fraction of sp³-hybridized carbons (Fsp3) is 0.889. The van der Waals surface area contributed by atoms with Crippen LogP contribution in [0.15, 0.2) is 4.99 Å². The highest BCUT2D eigenvalue weighted by molar-refractivity contribution is 5.80. The Labute approximate surface area is 67.7 Å². The van der Waals surface area contributed by atoms with Gasteiger partial charge in [-0.15, -0.1) is 0 Å². The summed E-state index contributed by atoms with van der Waals surface area (Å²) in [7, 11) is 0. The molecule has 11 heavy (non-hydrogen) atoms. The van der Waals surface area contributed by atoms with Gasteiger partial charge in [0.1, 0.15) is 0 Å². The zero-order chi connectivity index (χ0) is 7.68. The molecule has 0 aromatic rings. The van der Waals surface area contributed by atoms with Gasteiger partial charge in [-0.1, -0.05) is 0 Å². The molecule has 0 saturated heterocycles. The van der Waals surface area contributed by atoms with E-state index in [9.17, 15) is 0 Å². The smallest absolute Gasteiger partial charge is 0.186 e. The number of hydrogen-bond acceptors (Lipinski definition) is 2. The van der Waals surface area contributed by atoms with Crippen LogP contribution in [-0.2, 0) is 4.74 Å². The van der Waals surface area contributed by atoms with E-state index in [1.54, 1.807) is 0 Å². The van der Waals surface area contributed by atoms with Gasteiger partial charge in [0.05, 0.1) is 12.6 Å². The first-order valence-corrected chi connectivity index (χ1v) is 4.60. The zero-order valence-corrected chi connectivity index (χ0v) is 7.05. The monoisotopic (exact) mass is 153 g/mol. The largest absolute Gasteiger partial charge is 0.481 e. The van der Waals surface area contributed by atoms with Gasteiger partial charge in [-0.3, -0.25) is 4.99 Å². The Balaban J connectivity index is 2.08. The summed E-state index contributed by atoms with van der Waals surface area (Å²) in [6.07, 6.45) is 5.20. The molecule has 0 N–H and O–H groups in total. The number of nitrogens with zero attached hydrogens (tertiary/aromatic N) is 1. The van der Waals surface area contributed by atoms with Gasteiger partial charge in [-0.25, -0.2) is 0 Å². The molecule has 3 rings (SSSR count). The van der Waals surface area contributed by atoms with Crippen LogP contribution in [0.1, 0.15) is 32.6 Å². The molecule has 0 amide bonds. The Bertz CT molecular complexity index is 168. The van der Waals surface area contributed by atoms with E-state index in [0.717, 1.165) is 12.5 Å². The minimum absolute atomic E-state index is 0.599. The van der Waals surface area contributed by atoms with Crippen molar-refractivity contribution in [3.63, 3.8) is 0 Å². The maximum absolute atomic E-state index is 5.47. The zero-order valence-electron chi connectivity index (χ0n) is 7.05. The van der Waals surface area contributed by atoms with Crippen molar-refractivity contribution in [2.45, 2.75) is 38.6 Å². The summed E-state index contributed by atoms with van der Waals surface area (Å²) < 4.78 is 5.47. The third-order valence-corrected chi connectivity index (χ3v) is 2.65. The summed E-state index contributed by atoms with van der Waals surface area (Å²) in [5.41, 5.74) is 0. The molecule has 2 bridgehead atoms. The Hall–Kier alpha value is -0.530. The molecule has 0 radical (unpaired) electrons. The molecule has 1 fully saturated rings. The SMILES string of the molecule is CCOC1=NC2CCC1CC2. The second kappa shape index (κ2) is 2.84. The van der Waals surface area contributed by atoms with Crippen molar-refractivity contribution < 1.29 is 4.74 Å². The third-order valence-electron chi connectivity index (χ3n) is 2.65. The first kappa shape index (κ1) is 7.14. The normalized spacial score (nSPS) is 35.2. The van der Waals surface area contributed by atoms with E-state index in [4.69, 9.17) is 4.74 Å². The summed E-state index contributed by atoms with van der Waals surface area (Å²) in [6, 6.07) is 0.599. The van der Waals surface area contributed by atoms with Crippen LogP contribution in [-0.4, -0.2) is 18.5 Å². The van der Waals surface area contributed by atoms with Crippen LogP contribution in [0.3, 0.4) is 0 Å². The molecule has 62 valence electrons. The fourth-order valence-corrected chi connectivity index (χ4v) is 2.04. The molecule has 2 heterocycles. The van der Waals surface area contributed by atoms with Gasteiger partial charge in [0.2, 0.25) is 0 Å². The van der Waals surface area contributed by atoms with Gasteiger partial charge < -0.3 is 4.74 Å². The van der Waals surface area contributed by atoms with Crippen molar-refractivity contribution in [3.05, 3.63) is 0 Å². The first-order valence-electron chi connectivity index (χ1n) is 4.60. The van der Waals surface area contributed by atoms with Crippen molar-refractivity contribution in [3.8, 4) is 0 Å². The Kier molecular flexibility index (Phi) is 1.84. The molecular weight excluding hydrogens is 138 g/mol. The number of hydrogen-bond donors (Lipinski definition) is 0. The maximum Gasteiger partial charge on any atom is 0.186 e. The van der Waals surface area contributed by atoms with Crippen molar-refractivity contribution in [1.82, 2.24) is 0 Å². The summed E-state index contributed by atoms with van der Waals surface area (Å²) in [5.74, 6) is 1.72. The highest BCUT2D eigenvalue weighted by Crippen LogP contribution is 2.33. The highest BCUT2D eigenvalue weighted by Gasteiger charge is 2.31. The van der Waals surface area contributed by atoms with Gasteiger partial charge in [-0.2, -0.15) is 0 Å². The fourth-order valence-electron chi connectivity index (χ4n) is 2.04. The van der Waals surface area contributed by atoms with E-state index in [-0.39, 0.29) is 0 Å². The van der Waals surface area contributed by atoms with Crippen molar-refractivity contribution >= 4 is 5.90 Å². The van der Waals surface area contributed by atoms with Gasteiger partial charge in [0, 0.05) is 5.92 Å². The van der Waals surface area contributed by atoms with E-state index < -0.39 is 0 Å². The van der Waals surface area contributed by atoms with Gasteiger partial charge in [0.25, 0.3) is 0 Å². The number of fused-ring (bicyclic) bond motifs is 2. The second-order valence-electron chi connectivity index (χ2n) is 3.41. The lowest BCUT2D eigenvalue weighted by molar-refractivity contribution is 0.244. The van der Waals surface area contributed by atoms with E-state index in [0.29, 0.717) is 12.0 Å². The molecule has 0 aromatic heterocycles. The van der Waals surface area contributed by atoms with Crippen molar-refractivity contribution in [2.75, 3.05) is 6.61 Å². The van der Waals surface area contributed by atoms with Crippen LogP contribution in [0.5, 0.6) is 0 Å². The van der Waals surface area contributed by atoms with Crippen LogP contribution in [0, 0.1) is 5.92 Å². The average Bonchev–Trinajstić information content (AvgIpc) is 2.07. The van der Waals surface area contributed by atoms with Gasteiger partial charge in [0.15, 0.2) is 5.90 Å². The highest BCUT2D eigenvalue weighted by atomic mass is 16.5. The minimum Gasteiger partial charge on any atom is -0.481 e. The van der Waals surface area contributed by atoms with Gasteiger partial charge in [-0.05, 0) is 32.6 Å². The molecule has 2 aliphatic heterocycles. The number of aliphatic imine (C=N–C) groups is 1. The lowest BCUT2D eigenvalue weighted by atomic mass is 9.83. The maximum atomic E-state index is 5.47. The molecule has 2 heteroatoms. The molecular formula is C9H15NO. The average molecular weight is 153 g/mol. The molecule has 3 aliphatic rings. The molecule has 1 saturated carbocycles. The third kappa shape index (κ3) is 1.26. The molecule has 2 nitrogen and oxygen atoms in total. The standard InChI is InChI=1S/C9H15NO/c1-2-11-9-7-3-5-8(10-9)6-4-7/h7-8H,2-6H2,1H3. The van der Waals surface area contributed by atoms with Crippen LogP contribution in [0.2, 0.25) is 0 Å². The van der Waals surface area contributed by atoms with E-state index in [1.165, 1.54) is 25.7 Å². The second-order valence-corrected chi connectivity index (χ2v) is 3.41. The van der Waals surface area contributed by atoms with Crippen LogP contribution < -0.4 is 0 Å². The molecule has 1 aliphatic carbocycles. The lowest BCUT2D eigenvalue weighted by Gasteiger charge is -2.33. The van der Waals surface area contributed by atoms with Gasteiger partial charge >= 0.3 is 0 Å². The van der Waals surface area contributed by atoms with Crippen LogP contribution in [0.25, 0.3) is 0 Å². The molecule has 0 unspecified atom stereocenters. The van der Waals surface area contributed by atoms with E-state index >= 15 is 0 Å². The topological polar surface area (TPSA) is 21.6 Å². The van der Waals surface area contributed by atoms with Crippen molar-refractivity contribution in [2.24, 2.45) is 10.9 Å². The quantitative estimate of drug-likeness (QED) is 0.564. The number of ether oxygens (including phenoxy) is 1. The first-order chi connectivity index (χ1) is 5.40. The van der Waals surface area contributed by atoms with Crippen molar-refractivity contribution in [1.29, 1.82) is 0 Å². The molecule has 0 spiro atoms. The van der Waals surface area contributed by atoms with E-state index in [1.807, 2.05) is 6.92 Å². The number of rotatable bonds is 1. The lowest BCUT2D eigenvalue weighted by Crippen LogP contribution is -2.32. The predicted molar refractivity (Wildman–Crippen MR) is 44.8 cm³/mol. The van der Waals surface area contributed by atoms with E-state index in [2.05, 4.69) is 4.99 Å². The Morgan fingerprint density at radius 1 is 1.36 bits per heavy atom. The summed E-state index contributed by atoms with van der Waals surface area (Å²) in [4.78, 5) is 4.53. The summed E-state index contributed by atoms with van der Waals surface area (Å²) >= 11 is 0. The molecule has 0 atom stereocenters. The summed E-state index contributed by atoms with van der Waals surface area (Å²) in [5, 5.41) is 0. The van der Waals surface area contributed by atoms with Crippen LogP contribution >= 0.6 is 0 Å². The molecule has 0 aromatic carbocycles. The predicted octanol–water partition coefficient (Wildman–Crippen LogP) is 1.99. The minimum atomic E-state index is 0.599. The Morgan fingerprint density at radius 2 is 2.09 bits per heavy atom. The Morgan fingerprint density at radius 3 is 2.55 bits per heavy atom. The van der Waals surface area contributed by atoms with Crippen LogP contribution in [0.4, 0.5) is 0 Å². The summed E-state index contributed by atoms with van der Waals surface area (Å²) in [6.45, 7) is 2.81.